The largest absolute Gasteiger partial charge is 0.354 e. The SMILES string of the molecule is CC(CNc1ncccn1)c1nc2ccccc2s1. The van der Waals surface area contributed by atoms with Gasteiger partial charge in [0.25, 0.3) is 0 Å². The summed E-state index contributed by atoms with van der Waals surface area (Å²) in [5.74, 6) is 0.997. The van der Waals surface area contributed by atoms with Gasteiger partial charge in [0.05, 0.1) is 15.2 Å². The first-order valence-corrected chi connectivity index (χ1v) is 7.01. The highest BCUT2D eigenvalue weighted by molar-refractivity contribution is 7.18. The Hall–Kier alpha value is -2.01. The van der Waals surface area contributed by atoms with Crippen molar-refractivity contribution in [3.63, 3.8) is 0 Å². The van der Waals surface area contributed by atoms with E-state index in [0.29, 0.717) is 11.9 Å². The molecule has 0 bridgehead atoms. The molecular formula is C14H14N4S. The Bertz CT molecular complexity index is 632. The van der Waals surface area contributed by atoms with Crippen LogP contribution in [0.25, 0.3) is 10.2 Å². The van der Waals surface area contributed by atoms with Crippen LogP contribution in [0.1, 0.15) is 17.8 Å². The molecule has 0 fully saturated rings. The third-order valence-electron chi connectivity index (χ3n) is 2.86. The molecule has 0 aliphatic rings. The Morgan fingerprint density at radius 1 is 1.16 bits per heavy atom. The van der Waals surface area contributed by atoms with E-state index in [0.717, 1.165) is 17.1 Å². The molecule has 0 amide bonds. The third-order valence-corrected chi connectivity index (χ3v) is 4.13. The first-order valence-electron chi connectivity index (χ1n) is 6.19. The molecule has 19 heavy (non-hydrogen) atoms. The van der Waals surface area contributed by atoms with Gasteiger partial charge in [-0.05, 0) is 18.2 Å². The molecular weight excluding hydrogens is 256 g/mol. The average Bonchev–Trinajstić information content (AvgIpc) is 2.90. The first-order chi connectivity index (χ1) is 9.33. The van der Waals surface area contributed by atoms with Crippen molar-refractivity contribution in [2.24, 2.45) is 0 Å². The third kappa shape index (κ3) is 2.71. The lowest BCUT2D eigenvalue weighted by molar-refractivity contribution is 0.790. The molecule has 0 aliphatic heterocycles. The quantitative estimate of drug-likeness (QED) is 0.790. The van der Waals surface area contributed by atoms with E-state index in [9.17, 15) is 0 Å². The van der Waals surface area contributed by atoms with Crippen molar-refractivity contribution in [1.29, 1.82) is 0 Å². The van der Waals surface area contributed by atoms with E-state index in [2.05, 4.69) is 39.3 Å². The van der Waals surface area contributed by atoms with Crippen LogP contribution in [-0.4, -0.2) is 21.5 Å². The summed E-state index contributed by atoms with van der Waals surface area (Å²) in [6.07, 6.45) is 3.47. The first kappa shape index (κ1) is 12.0. The summed E-state index contributed by atoms with van der Waals surface area (Å²) in [5, 5.41) is 4.37. The lowest BCUT2D eigenvalue weighted by Gasteiger charge is -2.09. The number of fused-ring (bicyclic) bond motifs is 1. The van der Waals surface area contributed by atoms with Crippen LogP contribution in [0.5, 0.6) is 0 Å². The Labute approximate surface area is 115 Å². The van der Waals surface area contributed by atoms with E-state index in [1.54, 1.807) is 23.7 Å². The minimum atomic E-state index is 0.334. The van der Waals surface area contributed by atoms with Crippen molar-refractivity contribution in [2.75, 3.05) is 11.9 Å². The molecule has 96 valence electrons. The van der Waals surface area contributed by atoms with Crippen LogP contribution in [0.15, 0.2) is 42.7 Å². The van der Waals surface area contributed by atoms with E-state index in [1.165, 1.54) is 4.70 Å². The van der Waals surface area contributed by atoms with Gasteiger partial charge in [0.15, 0.2) is 0 Å². The van der Waals surface area contributed by atoms with Crippen molar-refractivity contribution in [3.8, 4) is 0 Å². The molecule has 0 saturated carbocycles. The van der Waals surface area contributed by atoms with Crippen LogP contribution >= 0.6 is 11.3 Å². The number of rotatable bonds is 4. The molecule has 3 aromatic rings. The van der Waals surface area contributed by atoms with E-state index in [1.807, 2.05) is 18.2 Å². The summed E-state index contributed by atoms with van der Waals surface area (Å²) in [6.45, 7) is 2.94. The number of hydrogen-bond donors (Lipinski definition) is 1. The second-order valence-corrected chi connectivity index (χ2v) is 5.44. The van der Waals surface area contributed by atoms with E-state index in [4.69, 9.17) is 0 Å². The Balaban J connectivity index is 1.71. The van der Waals surface area contributed by atoms with Crippen molar-refractivity contribution < 1.29 is 0 Å². The molecule has 1 atom stereocenters. The smallest absolute Gasteiger partial charge is 0.222 e. The Morgan fingerprint density at radius 3 is 2.74 bits per heavy atom. The predicted molar refractivity (Wildman–Crippen MR) is 78.6 cm³/mol. The van der Waals surface area contributed by atoms with Crippen LogP contribution in [0.3, 0.4) is 0 Å². The van der Waals surface area contributed by atoms with Gasteiger partial charge < -0.3 is 5.32 Å². The molecule has 0 saturated heterocycles. The number of nitrogens with one attached hydrogen (secondary N) is 1. The van der Waals surface area contributed by atoms with Gasteiger partial charge in [-0.2, -0.15) is 0 Å². The summed E-state index contributed by atoms with van der Waals surface area (Å²) in [7, 11) is 0. The maximum atomic E-state index is 4.66. The zero-order valence-electron chi connectivity index (χ0n) is 10.6. The molecule has 0 spiro atoms. The van der Waals surface area contributed by atoms with Gasteiger partial charge >= 0.3 is 0 Å². The maximum Gasteiger partial charge on any atom is 0.222 e. The standard InChI is InChI=1S/C14H14N4S/c1-10(9-17-14-15-7-4-8-16-14)13-18-11-5-2-3-6-12(11)19-13/h2-8,10H,9H2,1H3,(H,15,16,17). The molecule has 2 aromatic heterocycles. The summed E-state index contributed by atoms with van der Waals surface area (Å²) < 4.78 is 1.24. The van der Waals surface area contributed by atoms with Gasteiger partial charge in [0.1, 0.15) is 0 Å². The van der Waals surface area contributed by atoms with E-state index >= 15 is 0 Å². The van der Waals surface area contributed by atoms with Gasteiger partial charge in [0, 0.05) is 24.9 Å². The average molecular weight is 270 g/mol. The van der Waals surface area contributed by atoms with Crippen LogP contribution in [0.4, 0.5) is 5.95 Å². The van der Waals surface area contributed by atoms with Crippen LogP contribution < -0.4 is 5.32 Å². The number of benzene rings is 1. The fraction of sp³-hybridized carbons (Fsp3) is 0.214. The lowest BCUT2D eigenvalue weighted by Crippen LogP contribution is -2.11. The lowest BCUT2D eigenvalue weighted by atomic mass is 10.2. The monoisotopic (exact) mass is 270 g/mol. The summed E-state index contributed by atoms with van der Waals surface area (Å²) in [5.41, 5.74) is 1.07. The van der Waals surface area contributed by atoms with Gasteiger partial charge in [-0.1, -0.05) is 19.1 Å². The fourth-order valence-electron chi connectivity index (χ4n) is 1.82. The van der Waals surface area contributed by atoms with E-state index in [-0.39, 0.29) is 0 Å². The highest BCUT2D eigenvalue weighted by Gasteiger charge is 2.11. The minimum absolute atomic E-state index is 0.334. The molecule has 0 radical (unpaired) electrons. The zero-order valence-corrected chi connectivity index (χ0v) is 11.4. The minimum Gasteiger partial charge on any atom is -0.354 e. The zero-order chi connectivity index (χ0) is 13.1. The highest BCUT2D eigenvalue weighted by atomic mass is 32.1. The second-order valence-electron chi connectivity index (χ2n) is 4.37. The molecule has 2 heterocycles. The van der Waals surface area contributed by atoms with Gasteiger partial charge in [-0.3, -0.25) is 0 Å². The van der Waals surface area contributed by atoms with Crippen molar-refractivity contribution in [3.05, 3.63) is 47.7 Å². The van der Waals surface area contributed by atoms with E-state index < -0.39 is 0 Å². The van der Waals surface area contributed by atoms with Gasteiger partial charge in [0.2, 0.25) is 5.95 Å². The summed E-state index contributed by atoms with van der Waals surface area (Å²) in [4.78, 5) is 13.0. The number of aromatic nitrogens is 3. The molecule has 3 rings (SSSR count). The number of thiazole rings is 1. The number of anilines is 1. The topological polar surface area (TPSA) is 50.7 Å². The normalized spacial score (nSPS) is 12.5. The number of nitrogens with zero attached hydrogens (tertiary/aromatic N) is 3. The Kier molecular flexibility index (Phi) is 3.37. The van der Waals surface area contributed by atoms with Crippen LogP contribution in [-0.2, 0) is 0 Å². The molecule has 1 unspecified atom stereocenters. The van der Waals surface area contributed by atoms with Crippen LogP contribution in [0, 0.1) is 0 Å². The number of hydrogen-bond acceptors (Lipinski definition) is 5. The van der Waals surface area contributed by atoms with Crippen molar-refractivity contribution in [2.45, 2.75) is 12.8 Å². The number of para-hydroxylation sites is 1. The van der Waals surface area contributed by atoms with Gasteiger partial charge in [-0.25, -0.2) is 15.0 Å². The van der Waals surface area contributed by atoms with Crippen LogP contribution in [0.2, 0.25) is 0 Å². The highest BCUT2D eigenvalue weighted by Crippen LogP contribution is 2.27. The molecule has 4 nitrogen and oxygen atoms in total. The summed E-state index contributed by atoms with van der Waals surface area (Å²) >= 11 is 1.75. The molecule has 1 N–H and O–H groups in total. The molecule has 1 aromatic carbocycles. The second kappa shape index (κ2) is 5.32. The van der Waals surface area contributed by atoms with Crippen molar-refractivity contribution in [1.82, 2.24) is 15.0 Å². The van der Waals surface area contributed by atoms with Crippen molar-refractivity contribution >= 4 is 27.5 Å². The Morgan fingerprint density at radius 2 is 1.95 bits per heavy atom. The molecule has 0 aliphatic carbocycles. The predicted octanol–water partition coefficient (Wildman–Crippen LogP) is 3.30. The maximum absolute atomic E-state index is 4.66. The summed E-state index contributed by atoms with van der Waals surface area (Å²) in [6, 6.07) is 10.0. The van der Waals surface area contributed by atoms with Gasteiger partial charge in [-0.15, -0.1) is 11.3 Å². The fourth-order valence-corrected chi connectivity index (χ4v) is 2.84. The molecule has 5 heteroatoms.